The van der Waals surface area contributed by atoms with E-state index in [0.717, 1.165) is 5.56 Å². The third-order valence-electron chi connectivity index (χ3n) is 3.75. The predicted molar refractivity (Wildman–Crippen MR) is 104 cm³/mol. The predicted octanol–water partition coefficient (Wildman–Crippen LogP) is 3.86. The Labute approximate surface area is 167 Å². The van der Waals surface area contributed by atoms with E-state index in [4.69, 9.17) is 27.9 Å². The molecule has 0 unspecified atom stereocenters. The molecule has 5 nitrogen and oxygen atoms in total. The molecule has 1 N–H and O–H groups in total. The number of rotatable bonds is 9. The average molecular weight is 408 g/mol. The van der Waals surface area contributed by atoms with E-state index in [2.05, 4.69) is 5.32 Å². The molecule has 0 aliphatic heterocycles. The number of halogens is 2. The molecule has 2 aromatic rings. The molecular weight excluding hydrogens is 389 g/mol. The van der Waals surface area contributed by atoms with Crippen molar-refractivity contribution in [3.63, 3.8) is 0 Å². The average Bonchev–Trinajstić information content (AvgIpc) is 2.67. The fraction of sp³-hybridized carbons (Fsp3) is 0.250. The maximum absolute atomic E-state index is 11.9. The normalized spacial score (nSPS) is 10.3. The van der Waals surface area contributed by atoms with Gasteiger partial charge in [0, 0.05) is 28.6 Å². The Kier molecular flexibility index (Phi) is 8.30. The summed E-state index contributed by atoms with van der Waals surface area (Å²) in [7, 11) is 0. The zero-order valence-corrected chi connectivity index (χ0v) is 16.1. The van der Waals surface area contributed by atoms with Gasteiger partial charge in [-0.05, 0) is 24.1 Å². The van der Waals surface area contributed by atoms with E-state index in [1.54, 1.807) is 42.5 Å². The molecule has 0 saturated carbocycles. The zero-order valence-electron chi connectivity index (χ0n) is 14.5. The van der Waals surface area contributed by atoms with E-state index in [9.17, 15) is 14.4 Å². The van der Waals surface area contributed by atoms with E-state index in [-0.39, 0.29) is 25.2 Å². The summed E-state index contributed by atoms with van der Waals surface area (Å²) in [6.07, 6.45) is 0.502. The van der Waals surface area contributed by atoms with Crippen LogP contribution >= 0.6 is 23.2 Å². The highest BCUT2D eigenvalue weighted by Gasteiger charge is 2.11. The lowest BCUT2D eigenvalue weighted by molar-refractivity contribution is -0.148. The van der Waals surface area contributed by atoms with Crippen molar-refractivity contribution in [1.82, 2.24) is 5.32 Å². The summed E-state index contributed by atoms with van der Waals surface area (Å²) in [6, 6.07) is 13.9. The molecule has 142 valence electrons. The molecule has 0 spiro atoms. The number of amides is 1. The van der Waals surface area contributed by atoms with E-state index in [1.807, 2.05) is 6.07 Å². The van der Waals surface area contributed by atoms with Gasteiger partial charge in [0.05, 0.1) is 6.42 Å². The Morgan fingerprint density at radius 3 is 2.41 bits per heavy atom. The lowest BCUT2D eigenvalue weighted by Gasteiger charge is -2.08. The number of hydrogen-bond donors (Lipinski definition) is 1. The molecule has 2 rings (SSSR count). The number of benzene rings is 2. The molecule has 0 fully saturated rings. The molecule has 27 heavy (non-hydrogen) atoms. The van der Waals surface area contributed by atoms with Crippen LogP contribution in [-0.4, -0.2) is 30.8 Å². The van der Waals surface area contributed by atoms with Crippen LogP contribution in [-0.2, 0) is 20.7 Å². The number of carbonyl (C=O) groups is 3. The molecule has 0 bridgehead atoms. The summed E-state index contributed by atoms with van der Waals surface area (Å²) in [5.74, 6) is -1.14. The fourth-order valence-corrected chi connectivity index (χ4v) is 2.82. The largest absolute Gasteiger partial charge is 0.456 e. The number of carbonyl (C=O) groups excluding carboxylic acids is 3. The monoisotopic (exact) mass is 407 g/mol. The van der Waals surface area contributed by atoms with Crippen LogP contribution in [0.1, 0.15) is 28.8 Å². The van der Waals surface area contributed by atoms with Crippen LogP contribution in [0, 0.1) is 0 Å². The zero-order chi connectivity index (χ0) is 19.6. The smallest absolute Gasteiger partial charge is 0.306 e. The number of hydrogen-bond acceptors (Lipinski definition) is 4. The third-order valence-corrected chi connectivity index (χ3v) is 4.33. The fourth-order valence-electron chi connectivity index (χ4n) is 2.31. The van der Waals surface area contributed by atoms with Crippen LogP contribution in [0.3, 0.4) is 0 Å². The summed E-state index contributed by atoms with van der Waals surface area (Å²) < 4.78 is 4.89. The minimum Gasteiger partial charge on any atom is -0.456 e. The van der Waals surface area contributed by atoms with Gasteiger partial charge in [-0.15, -0.1) is 0 Å². The van der Waals surface area contributed by atoms with Crippen molar-refractivity contribution in [2.45, 2.75) is 19.3 Å². The van der Waals surface area contributed by atoms with Gasteiger partial charge in [0.15, 0.2) is 12.4 Å². The maximum atomic E-state index is 11.9. The Hall–Kier alpha value is -2.37. The van der Waals surface area contributed by atoms with Crippen LogP contribution in [0.4, 0.5) is 0 Å². The van der Waals surface area contributed by atoms with Crippen LogP contribution < -0.4 is 5.32 Å². The maximum Gasteiger partial charge on any atom is 0.306 e. The van der Waals surface area contributed by atoms with E-state index < -0.39 is 11.9 Å². The molecule has 0 radical (unpaired) electrons. The van der Waals surface area contributed by atoms with Gasteiger partial charge in [-0.2, -0.15) is 0 Å². The van der Waals surface area contributed by atoms with Crippen LogP contribution in [0.5, 0.6) is 0 Å². The SMILES string of the molecule is O=C(COC(=O)CCC(=O)c1ccccc1)NCCc1ccc(Cl)cc1Cl. The van der Waals surface area contributed by atoms with Crippen molar-refractivity contribution >= 4 is 40.9 Å². The van der Waals surface area contributed by atoms with Gasteiger partial charge in [-0.1, -0.05) is 59.6 Å². The Bertz CT molecular complexity index is 809. The summed E-state index contributed by atoms with van der Waals surface area (Å²) >= 11 is 11.9. The van der Waals surface area contributed by atoms with Gasteiger partial charge in [0.1, 0.15) is 0 Å². The summed E-state index contributed by atoms with van der Waals surface area (Å²) in [5, 5.41) is 3.72. The molecular formula is C20H19Cl2NO4. The topological polar surface area (TPSA) is 72.5 Å². The highest BCUT2D eigenvalue weighted by Crippen LogP contribution is 2.21. The summed E-state index contributed by atoms with van der Waals surface area (Å²) in [5.41, 5.74) is 1.40. The Morgan fingerprint density at radius 1 is 0.963 bits per heavy atom. The second kappa shape index (κ2) is 10.7. The first-order valence-electron chi connectivity index (χ1n) is 8.40. The van der Waals surface area contributed by atoms with Crippen LogP contribution in [0.2, 0.25) is 10.0 Å². The van der Waals surface area contributed by atoms with Crippen molar-refractivity contribution in [1.29, 1.82) is 0 Å². The van der Waals surface area contributed by atoms with Gasteiger partial charge in [0.2, 0.25) is 0 Å². The second-order valence-corrected chi connectivity index (χ2v) is 6.63. The molecule has 0 saturated heterocycles. The quantitative estimate of drug-likeness (QED) is 0.505. The van der Waals surface area contributed by atoms with E-state index in [0.29, 0.717) is 28.6 Å². The van der Waals surface area contributed by atoms with Gasteiger partial charge >= 0.3 is 5.97 Å². The van der Waals surface area contributed by atoms with Crippen LogP contribution in [0.25, 0.3) is 0 Å². The van der Waals surface area contributed by atoms with Crippen LogP contribution in [0.15, 0.2) is 48.5 Å². The second-order valence-electron chi connectivity index (χ2n) is 5.79. The lowest BCUT2D eigenvalue weighted by atomic mass is 10.1. The number of ether oxygens (including phenoxy) is 1. The molecule has 1 amide bonds. The van der Waals surface area contributed by atoms with Gasteiger partial charge < -0.3 is 10.1 Å². The van der Waals surface area contributed by atoms with Gasteiger partial charge in [-0.25, -0.2) is 0 Å². The van der Waals surface area contributed by atoms with Crippen molar-refractivity contribution in [2.75, 3.05) is 13.2 Å². The Morgan fingerprint density at radius 2 is 1.70 bits per heavy atom. The van der Waals surface area contributed by atoms with Crippen molar-refractivity contribution < 1.29 is 19.1 Å². The first-order chi connectivity index (χ1) is 13.0. The third kappa shape index (κ3) is 7.41. The van der Waals surface area contributed by atoms with E-state index in [1.165, 1.54) is 0 Å². The summed E-state index contributed by atoms with van der Waals surface area (Å²) in [4.78, 5) is 35.3. The molecule has 0 atom stereocenters. The first-order valence-corrected chi connectivity index (χ1v) is 9.16. The van der Waals surface area contributed by atoms with Gasteiger partial charge in [0.25, 0.3) is 5.91 Å². The molecule has 0 aromatic heterocycles. The number of Topliss-reactive ketones (excluding diaryl/α,β-unsaturated/α-hetero) is 1. The molecule has 2 aromatic carbocycles. The number of nitrogens with one attached hydrogen (secondary N) is 1. The minimum atomic E-state index is -0.588. The number of ketones is 1. The first kappa shape index (κ1) is 20.9. The summed E-state index contributed by atoms with van der Waals surface area (Å²) in [6.45, 7) is -0.0308. The van der Waals surface area contributed by atoms with Gasteiger partial charge in [-0.3, -0.25) is 14.4 Å². The number of esters is 1. The molecule has 0 aliphatic carbocycles. The molecule has 7 heteroatoms. The standard InChI is InChI=1S/C20H19Cl2NO4/c21-16-7-6-14(17(22)12-16)10-11-23-19(25)13-27-20(26)9-8-18(24)15-4-2-1-3-5-15/h1-7,12H,8-11,13H2,(H,23,25). The van der Waals surface area contributed by atoms with Crippen molar-refractivity contribution in [3.05, 3.63) is 69.7 Å². The lowest BCUT2D eigenvalue weighted by Crippen LogP contribution is -2.30. The highest BCUT2D eigenvalue weighted by atomic mass is 35.5. The van der Waals surface area contributed by atoms with E-state index >= 15 is 0 Å². The minimum absolute atomic E-state index is 0.0412. The van der Waals surface area contributed by atoms with Crippen molar-refractivity contribution in [3.8, 4) is 0 Å². The molecule has 0 heterocycles. The molecule has 0 aliphatic rings. The highest BCUT2D eigenvalue weighted by molar-refractivity contribution is 6.35. The Balaban J connectivity index is 1.63. The van der Waals surface area contributed by atoms with Crippen molar-refractivity contribution in [2.24, 2.45) is 0 Å².